The summed E-state index contributed by atoms with van der Waals surface area (Å²) in [5.74, 6) is 0.517. The molecule has 0 fully saturated rings. The van der Waals surface area contributed by atoms with Crippen LogP contribution < -0.4 is 15.8 Å². The van der Waals surface area contributed by atoms with Gasteiger partial charge in [0.1, 0.15) is 0 Å². The van der Waals surface area contributed by atoms with Crippen molar-refractivity contribution in [3.05, 3.63) is 22.7 Å². The van der Waals surface area contributed by atoms with Crippen molar-refractivity contribution in [1.29, 1.82) is 0 Å². The second-order valence-electron chi connectivity index (χ2n) is 5.48. The van der Waals surface area contributed by atoms with Gasteiger partial charge in [-0.1, -0.05) is 0 Å². The highest BCUT2D eigenvalue weighted by molar-refractivity contribution is 5.34. The van der Waals surface area contributed by atoms with Crippen molar-refractivity contribution in [1.82, 2.24) is 14.9 Å². The van der Waals surface area contributed by atoms with E-state index in [1.165, 1.54) is 0 Å². The van der Waals surface area contributed by atoms with Gasteiger partial charge in [-0.2, -0.15) is 0 Å². The average Bonchev–Trinajstić information content (AvgIpc) is 2.28. The standard InChI is InChI=1S/C13H24N4O/c1-13(2,3)17-10-8-15-11(12(17)18)16(5)9-6-7-14-4/h8,10,14H,6-7,9H2,1-5H3. The first-order valence-corrected chi connectivity index (χ1v) is 6.32. The molecule has 18 heavy (non-hydrogen) atoms. The summed E-state index contributed by atoms with van der Waals surface area (Å²) in [6, 6.07) is 0. The van der Waals surface area contributed by atoms with Gasteiger partial charge in [0.15, 0.2) is 5.82 Å². The summed E-state index contributed by atoms with van der Waals surface area (Å²) in [5, 5.41) is 3.09. The van der Waals surface area contributed by atoms with Crippen molar-refractivity contribution in [2.75, 3.05) is 32.1 Å². The van der Waals surface area contributed by atoms with Gasteiger partial charge in [0.05, 0.1) is 0 Å². The van der Waals surface area contributed by atoms with Gasteiger partial charge in [-0.25, -0.2) is 4.98 Å². The van der Waals surface area contributed by atoms with Crippen LogP contribution in [0.1, 0.15) is 27.2 Å². The lowest BCUT2D eigenvalue weighted by molar-refractivity contribution is 0.382. The number of nitrogens with one attached hydrogen (secondary N) is 1. The van der Waals surface area contributed by atoms with Gasteiger partial charge in [-0.05, 0) is 40.8 Å². The van der Waals surface area contributed by atoms with Crippen LogP contribution in [0.3, 0.4) is 0 Å². The summed E-state index contributed by atoms with van der Waals surface area (Å²) in [6.45, 7) is 7.79. The molecular weight excluding hydrogens is 228 g/mol. The van der Waals surface area contributed by atoms with Crippen LogP contribution in [-0.4, -0.2) is 36.7 Å². The molecule has 0 spiro atoms. The summed E-state index contributed by atoms with van der Waals surface area (Å²) in [5.41, 5.74) is -0.252. The molecule has 5 nitrogen and oxygen atoms in total. The van der Waals surface area contributed by atoms with Crippen molar-refractivity contribution in [3.8, 4) is 0 Å². The van der Waals surface area contributed by atoms with Crippen molar-refractivity contribution < 1.29 is 0 Å². The molecule has 0 unspecified atom stereocenters. The van der Waals surface area contributed by atoms with Gasteiger partial charge in [0, 0.05) is 31.5 Å². The number of anilines is 1. The summed E-state index contributed by atoms with van der Waals surface area (Å²) in [4.78, 5) is 18.5. The molecule has 0 amide bonds. The van der Waals surface area contributed by atoms with Gasteiger partial charge in [-0.3, -0.25) is 4.79 Å². The smallest absolute Gasteiger partial charge is 0.293 e. The van der Waals surface area contributed by atoms with Crippen molar-refractivity contribution >= 4 is 5.82 Å². The van der Waals surface area contributed by atoms with E-state index in [0.29, 0.717) is 5.82 Å². The SMILES string of the molecule is CNCCCN(C)c1nccn(C(C)(C)C)c1=O. The van der Waals surface area contributed by atoms with E-state index >= 15 is 0 Å². The highest BCUT2D eigenvalue weighted by Crippen LogP contribution is 2.11. The number of aromatic nitrogens is 2. The molecule has 0 aliphatic rings. The Morgan fingerprint density at radius 2 is 2.11 bits per heavy atom. The first kappa shape index (κ1) is 14.7. The highest BCUT2D eigenvalue weighted by atomic mass is 16.1. The zero-order valence-corrected chi connectivity index (χ0v) is 12.0. The first-order valence-electron chi connectivity index (χ1n) is 6.32. The molecule has 0 saturated carbocycles. The molecule has 102 valence electrons. The van der Waals surface area contributed by atoms with E-state index in [1.54, 1.807) is 17.0 Å². The Morgan fingerprint density at radius 1 is 1.44 bits per heavy atom. The Balaban J connectivity index is 2.94. The Hall–Kier alpha value is -1.36. The van der Waals surface area contributed by atoms with Crippen LogP contribution in [0.2, 0.25) is 0 Å². The van der Waals surface area contributed by atoms with E-state index < -0.39 is 0 Å². The first-order chi connectivity index (χ1) is 8.38. The van der Waals surface area contributed by atoms with E-state index in [2.05, 4.69) is 10.3 Å². The fourth-order valence-corrected chi connectivity index (χ4v) is 1.79. The average molecular weight is 252 g/mol. The van der Waals surface area contributed by atoms with Crippen LogP contribution in [0, 0.1) is 0 Å². The van der Waals surface area contributed by atoms with Crippen LogP contribution in [0.4, 0.5) is 5.82 Å². The number of nitrogens with zero attached hydrogens (tertiary/aromatic N) is 3. The van der Waals surface area contributed by atoms with Gasteiger partial charge < -0.3 is 14.8 Å². The van der Waals surface area contributed by atoms with E-state index in [0.717, 1.165) is 19.5 Å². The summed E-state index contributed by atoms with van der Waals surface area (Å²) < 4.78 is 1.73. The molecule has 1 heterocycles. The molecule has 1 N–H and O–H groups in total. The quantitative estimate of drug-likeness (QED) is 0.796. The largest absolute Gasteiger partial charge is 0.355 e. The molecule has 0 aliphatic carbocycles. The summed E-state index contributed by atoms with van der Waals surface area (Å²) >= 11 is 0. The third-order valence-corrected chi connectivity index (χ3v) is 2.83. The number of hydrogen-bond acceptors (Lipinski definition) is 4. The minimum absolute atomic E-state index is 0.0306. The van der Waals surface area contributed by atoms with Gasteiger partial charge in [-0.15, -0.1) is 0 Å². The Kier molecular flexibility index (Phi) is 4.90. The van der Waals surface area contributed by atoms with Gasteiger partial charge in [0.2, 0.25) is 0 Å². The Bertz CT molecular complexity index is 433. The molecule has 0 atom stereocenters. The summed E-state index contributed by atoms with van der Waals surface area (Å²) in [6.07, 6.45) is 4.42. The van der Waals surface area contributed by atoms with Crippen LogP contribution in [0.25, 0.3) is 0 Å². The van der Waals surface area contributed by atoms with Gasteiger partial charge in [0.25, 0.3) is 5.56 Å². The summed E-state index contributed by atoms with van der Waals surface area (Å²) in [7, 11) is 3.83. The van der Waals surface area contributed by atoms with E-state index in [-0.39, 0.29) is 11.1 Å². The normalized spacial score (nSPS) is 11.6. The van der Waals surface area contributed by atoms with Crippen LogP contribution in [0.5, 0.6) is 0 Å². The minimum Gasteiger partial charge on any atom is -0.355 e. The molecule has 0 aromatic carbocycles. The lowest BCUT2D eigenvalue weighted by Gasteiger charge is -2.24. The maximum absolute atomic E-state index is 12.3. The highest BCUT2D eigenvalue weighted by Gasteiger charge is 2.18. The van der Waals surface area contributed by atoms with Crippen LogP contribution >= 0.6 is 0 Å². The lowest BCUT2D eigenvalue weighted by atomic mass is 10.1. The Morgan fingerprint density at radius 3 is 2.67 bits per heavy atom. The molecular formula is C13H24N4O. The molecule has 1 aromatic heterocycles. The maximum atomic E-state index is 12.3. The third kappa shape index (κ3) is 3.57. The fourth-order valence-electron chi connectivity index (χ4n) is 1.79. The molecule has 0 bridgehead atoms. The van der Waals surface area contributed by atoms with Crippen molar-refractivity contribution in [2.24, 2.45) is 0 Å². The second-order valence-corrected chi connectivity index (χ2v) is 5.48. The van der Waals surface area contributed by atoms with Crippen LogP contribution in [0.15, 0.2) is 17.2 Å². The zero-order chi connectivity index (χ0) is 13.8. The van der Waals surface area contributed by atoms with Crippen molar-refractivity contribution in [3.63, 3.8) is 0 Å². The number of rotatable bonds is 5. The molecule has 1 rings (SSSR count). The van der Waals surface area contributed by atoms with E-state index in [4.69, 9.17) is 0 Å². The number of hydrogen-bond donors (Lipinski definition) is 1. The molecule has 0 saturated heterocycles. The predicted octanol–water partition coefficient (Wildman–Crippen LogP) is 1.04. The zero-order valence-electron chi connectivity index (χ0n) is 12.0. The monoisotopic (exact) mass is 252 g/mol. The van der Waals surface area contributed by atoms with E-state index in [1.807, 2.05) is 39.8 Å². The molecule has 0 radical (unpaired) electrons. The maximum Gasteiger partial charge on any atom is 0.293 e. The van der Waals surface area contributed by atoms with Gasteiger partial charge >= 0.3 is 0 Å². The predicted molar refractivity (Wildman–Crippen MR) is 75.3 cm³/mol. The van der Waals surface area contributed by atoms with Crippen LogP contribution in [-0.2, 0) is 5.54 Å². The molecule has 1 aromatic rings. The minimum atomic E-state index is -0.222. The third-order valence-electron chi connectivity index (χ3n) is 2.83. The second kappa shape index (κ2) is 6.00. The van der Waals surface area contributed by atoms with Crippen molar-refractivity contribution in [2.45, 2.75) is 32.7 Å². The molecule has 0 aliphatic heterocycles. The molecule has 5 heteroatoms. The Labute approximate surface area is 109 Å². The lowest BCUT2D eigenvalue weighted by Crippen LogP contribution is -2.38. The van der Waals surface area contributed by atoms with E-state index in [9.17, 15) is 4.79 Å². The fraction of sp³-hybridized carbons (Fsp3) is 0.692. The topological polar surface area (TPSA) is 50.2 Å².